The lowest BCUT2D eigenvalue weighted by Gasteiger charge is -2.06. The normalized spacial score (nSPS) is 9.81. The SMILES string of the molecule is C=Cc1ccccc1C(=O)OCCCCC. The highest BCUT2D eigenvalue weighted by Gasteiger charge is 2.09. The van der Waals surface area contributed by atoms with Gasteiger partial charge >= 0.3 is 5.97 Å². The molecule has 16 heavy (non-hydrogen) atoms. The van der Waals surface area contributed by atoms with Crippen molar-refractivity contribution in [1.82, 2.24) is 0 Å². The number of esters is 1. The number of ether oxygens (including phenoxy) is 1. The number of carbonyl (C=O) groups is 1. The van der Waals surface area contributed by atoms with Gasteiger partial charge in [-0.15, -0.1) is 0 Å². The molecule has 1 aromatic rings. The second kappa shape index (κ2) is 6.83. The van der Waals surface area contributed by atoms with E-state index < -0.39 is 0 Å². The largest absolute Gasteiger partial charge is 0.462 e. The molecule has 0 aliphatic carbocycles. The molecular weight excluding hydrogens is 200 g/mol. The summed E-state index contributed by atoms with van der Waals surface area (Å²) in [6.45, 7) is 6.29. The Morgan fingerprint density at radius 1 is 1.38 bits per heavy atom. The lowest BCUT2D eigenvalue weighted by Crippen LogP contribution is -2.07. The van der Waals surface area contributed by atoms with E-state index in [1.165, 1.54) is 0 Å². The van der Waals surface area contributed by atoms with Crippen LogP contribution in [0.5, 0.6) is 0 Å². The zero-order valence-corrected chi connectivity index (χ0v) is 9.74. The summed E-state index contributed by atoms with van der Waals surface area (Å²) in [6.07, 6.45) is 4.82. The molecule has 0 aliphatic rings. The number of carbonyl (C=O) groups excluding carboxylic acids is 1. The van der Waals surface area contributed by atoms with Gasteiger partial charge in [0.2, 0.25) is 0 Å². The van der Waals surface area contributed by atoms with E-state index in [0.29, 0.717) is 12.2 Å². The predicted molar refractivity (Wildman–Crippen MR) is 66.3 cm³/mol. The Bertz CT molecular complexity index is 356. The number of hydrogen-bond donors (Lipinski definition) is 0. The molecule has 86 valence electrons. The molecule has 0 bridgehead atoms. The van der Waals surface area contributed by atoms with Gasteiger partial charge in [-0.2, -0.15) is 0 Å². The second-order valence-corrected chi connectivity index (χ2v) is 3.63. The van der Waals surface area contributed by atoms with Crippen LogP contribution in [0.25, 0.3) is 6.08 Å². The monoisotopic (exact) mass is 218 g/mol. The third-order valence-electron chi connectivity index (χ3n) is 2.38. The van der Waals surface area contributed by atoms with E-state index >= 15 is 0 Å². The first-order valence-electron chi connectivity index (χ1n) is 5.68. The summed E-state index contributed by atoms with van der Waals surface area (Å²) in [7, 11) is 0. The summed E-state index contributed by atoms with van der Waals surface area (Å²) in [5.41, 5.74) is 1.41. The van der Waals surface area contributed by atoms with Crippen molar-refractivity contribution >= 4 is 12.0 Å². The smallest absolute Gasteiger partial charge is 0.338 e. The average molecular weight is 218 g/mol. The summed E-state index contributed by atoms with van der Waals surface area (Å²) >= 11 is 0. The molecule has 0 fully saturated rings. The molecule has 1 rings (SSSR count). The van der Waals surface area contributed by atoms with Gasteiger partial charge in [-0.3, -0.25) is 0 Å². The van der Waals surface area contributed by atoms with Crippen molar-refractivity contribution in [3.05, 3.63) is 42.0 Å². The topological polar surface area (TPSA) is 26.3 Å². The fourth-order valence-corrected chi connectivity index (χ4v) is 1.46. The van der Waals surface area contributed by atoms with Gasteiger partial charge in [-0.05, 0) is 18.1 Å². The van der Waals surface area contributed by atoms with Crippen molar-refractivity contribution in [3.8, 4) is 0 Å². The third kappa shape index (κ3) is 3.54. The van der Waals surface area contributed by atoms with Gasteiger partial charge in [0, 0.05) is 0 Å². The van der Waals surface area contributed by atoms with Crippen LogP contribution in [0.4, 0.5) is 0 Å². The first kappa shape index (κ1) is 12.5. The highest BCUT2D eigenvalue weighted by molar-refractivity contribution is 5.93. The standard InChI is InChI=1S/C14H18O2/c1-3-5-8-11-16-14(15)13-10-7-6-9-12(13)4-2/h4,6-7,9-10H,2-3,5,8,11H2,1H3. The van der Waals surface area contributed by atoms with Crippen LogP contribution in [-0.2, 0) is 4.74 Å². The lowest BCUT2D eigenvalue weighted by atomic mass is 10.1. The van der Waals surface area contributed by atoms with E-state index in [9.17, 15) is 4.79 Å². The Kier molecular flexibility index (Phi) is 5.34. The predicted octanol–water partition coefficient (Wildman–Crippen LogP) is 3.68. The van der Waals surface area contributed by atoms with Crippen LogP contribution < -0.4 is 0 Å². The van der Waals surface area contributed by atoms with Gasteiger partial charge < -0.3 is 4.74 Å². The molecule has 0 N–H and O–H groups in total. The van der Waals surface area contributed by atoms with Crippen LogP contribution in [0, 0.1) is 0 Å². The van der Waals surface area contributed by atoms with Crippen molar-refractivity contribution in [2.75, 3.05) is 6.61 Å². The average Bonchev–Trinajstić information content (AvgIpc) is 2.34. The van der Waals surface area contributed by atoms with Crippen molar-refractivity contribution in [2.45, 2.75) is 26.2 Å². The van der Waals surface area contributed by atoms with Crippen molar-refractivity contribution in [3.63, 3.8) is 0 Å². The van der Waals surface area contributed by atoms with Crippen LogP contribution >= 0.6 is 0 Å². The molecule has 0 unspecified atom stereocenters. The van der Waals surface area contributed by atoms with Gasteiger partial charge in [0.25, 0.3) is 0 Å². The molecule has 1 aromatic carbocycles. The number of hydrogen-bond acceptors (Lipinski definition) is 2. The minimum Gasteiger partial charge on any atom is -0.462 e. The Hall–Kier alpha value is -1.57. The molecule has 2 heteroatoms. The zero-order valence-electron chi connectivity index (χ0n) is 9.74. The molecule has 0 saturated carbocycles. The maximum absolute atomic E-state index is 11.7. The first-order chi connectivity index (χ1) is 7.79. The van der Waals surface area contributed by atoms with Gasteiger partial charge in [0.05, 0.1) is 12.2 Å². The molecule has 2 nitrogen and oxygen atoms in total. The van der Waals surface area contributed by atoms with E-state index in [1.54, 1.807) is 12.1 Å². The molecule has 0 heterocycles. The van der Waals surface area contributed by atoms with Crippen molar-refractivity contribution < 1.29 is 9.53 Å². The zero-order chi connectivity index (χ0) is 11.8. The Morgan fingerprint density at radius 3 is 2.81 bits per heavy atom. The lowest BCUT2D eigenvalue weighted by molar-refractivity contribution is 0.0498. The van der Waals surface area contributed by atoms with Crippen LogP contribution in [0.1, 0.15) is 42.1 Å². The van der Waals surface area contributed by atoms with Crippen LogP contribution in [0.3, 0.4) is 0 Å². The van der Waals surface area contributed by atoms with E-state index in [1.807, 2.05) is 18.2 Å². The molecule has 0 spiro atoms. The Labute approximate surface area is 96.9 Å². The molecule has 0 atom stereocenters. The molecule has 0 aliphatic heterocycles. The quantitative estimate of drug-likeness (QED) is 0.538. The minimum absolute atomic E-state index is 0.258. The van der Waals surface area contributed by atoms with Crippen LogP contribution in [-0.4, -0.2) is 12.6 Å². The summed E-state index contributed by atoms with van der Waals surface area (Å²) in [5, 5.41) is 0. The van der Waals surface area contributed by atoms with Gasteiger partial charge in [0.1, 0.15) is 0 Å². The van der Waals surface area contributed by atoms with Crippen molar-refractivity contribution in [2.24, 2.45) is 0 Å². The summed E-state index contributed by atoms with van der Waals surface area (Å²) in [6, 6.07) is 7.33. The Balaban J connectivity index is 2.55. The van der Waals surface area contributed by atoms with E-state index in [-0.39, 0.29) is 5.97 Å². The molecule has 0 aromatic heterocycles. The van der Waals surface area contributed by atoms with Crippen LogP contribution in [0.15, 0.2) is 30.8 Å². The fourth-order valence-electron chi connectivity index (χ4n) is 1.46. The summed E-state index contributed by atoms with van der Waals surface area (Å²) in [5.74, 6) is -0.258. The number of rotatable bonds is 6. The summed E-state index contributed by atoms with van der Waals surface area (Å²) in [4.78, 5) is 11.7. The van der Waals surface area contributed by atoms with E-state index in [0.717, 1.165) is 24.8 Å². The second-order valence-electron chi connectivity index (χ2n) is 3.63. The van der Waals surface area contributed by atoms with E-state index in [2.05, 4.69) is 13.5 Å². The maximum atomic E-state index is 11.7. The number of benzene rings is 1. The van der Waals surface area contributed by atoms with E-state index in [4.69, 9.17) is 4.74 Å². The van der Waals surface area contributed by atoms with Gasteiger partial charge in [-0.25, -0.2) is 4.79 Å². The third-order valence-corrected chi connectivity index (χ3v) is 2.38. The molecule has 0 amide bonds. The van der Waals surface area contributed by atoms with Gasteiger partial charge in [0.15, 0.2) is 0 Å². The minimum atomic E-state index is -0.258. The highest BCUT2D eigenvalue weighted by atomic mass is 16.5. The molecule has 0 radical (unpaired) electrons. The van der Waals surface area contributed by atoms with Crippen LogP contribution in [0.2, 0.25) is 0 Å². The Morgan fingerprint density at radius 2 is 2.12 bits per heavy atom. The molecular formula is C14H18O2. The summed E-state index contributed by atoms with van der Waals surface area (Å²) < 4.78 is 5.19. The maximum Gasteiger partial charge on any atom is 0.338 e. The fraction of sp³-hybridized carbons (Fsp3) is 0.357. The highest BCUT2D eigenvalue weighted by Crippen LogP contribution is 2.11. The first-order valence-corrected chi connectivity index (χ1v) is 5.68. The molecule has 0 saturated heterocycles. The van der Waals surface area contributed by atoms with Gasteiger partial charge in [-0.1, -0.05) is 50.6 Å². The van der Waals surface area contributed by atoms with Crippen molar-refractivity contribution in [1.29, 1.82) is 0 Å². The number of unbranched alkanes of at least 4 members (excludes halogenated alkanes) is 2.